The molecule has 0 aromatic heterocycles. The van der Waals surface area contributed by atoms with Gasteiger partial charge in [-0.1, -0.05) is 46.4 Å². The molecule has 3 aliphatic heterocycles. The summed E-state index contributed by atoms with van der Waals surface area (Å²) in [5.41, 5.74) is -1.97. The molecule has 3 aliphatic rings. The lowest BCUT2D eigenvalue weighted by Crippen LogP contribution is -2.72. The van der Waals surface area contributed by atoms with Crippen LogP contribution in [-0.2, 0) is 23.9 Å². The van der Waals surface area contributed by atoms with Crippen molar-refractivity contribution in [1.29, 1.82) is 0 Å². The van der Waals surface area contributed by atoms with E-state index in [9.17, 15) is 19.2 Å². The normalized spacial score (nSPS) is 31.9. The fourth-order valence-electron chi connectivity index (χ4n) is 2.68. The van der Waals surface area contributed by atoms with Crippen LogP contribution in [0.25, 0.3) is 0 Å². The first-order chi connectivity index (χ1) is 9.87. The molecule has 0 aliphatic carbocycles. The van der Waals surface area contributed by atoms with E-state index in [4.69, 9.17) is 51.1 Å². The number of halogens is 4. The van der Waals surface area contributed by atoms with Gasteiger partial charge in [0.1, 0.15) is 17.7 Å². The van der Waals surface area contributed by atoms with Crippen molar-refractivity contribution in [3.63, 3.8) is 0 Å². The van der Waals surface area contributed by atoms with Crippen molar-refractivity contribution in [1.82, 2.24) is 4.90 Å². The molecule has 3 atom stereocenters. The number of Topliss-reactive ketones (excluding diaryl/α,β-unsaturated/α-hetero) is 1. The first-order valence-electron chi connectivity index (χ1n) is 5.90. The van der Waals surface area contributed by atoms with E-state index in [2.05, 4.69) is 4.74 Å². The number of rotatable bonds is 3. The van der Waals surface area contributed by atoms with Crippen molar-refractivity contribution < 1.29 is 28.7 Å². The highest BCUT2D eigenvalue weighted by Gasteiger charge is 2.85. The summed E-state index contributed by atoms with van der Waals surface area (Å²) in [6.07, 6.45) is -2.60. The van der Waals surface area contributed by atoms with E-state index in [0.717, 1.165) is 0 Å². The average molecular weight is 393 g/mol. The molecule has 2 amide bonds. The zero-order valence-electron chi connectivity index (χ0n) is 11.2. The summed E-state index contributed by atoms with van der Waals surface area (Å²) in [6.45, 7) is 1.97. The van der Waals surface area contributed by atoms with E-state index in [1.807, 2.05) is 0 Å². The Morgan fingerprint density at radius 1 is 1.32 bits per heavy atom. The van der Waals surface area contributed by atoms with E-state index in [-0.39, 0.29) is 0 Å². The van der Waals surface area contributed by atoms with Crippen LogP contribution < -0.4 is 0 Å². The van der Waals surface area contributed by atoms with Gasteiger partial charge in [0.15, 0.2) is 5.41 Å². The molecular formula is C11H9Cl4NO6. The summed E-state index contributed by atoms with van der Waals surface area (Å²) in [5.74, 6) is -2.88. The second-order valence-electron chi connectivity index (χ2n) is 4.95. The highest BCUT2D eigenvalue weighted by atomic mass is 35.6. The number of fused-ring (bicyclic) bond motifs is 1. The summed E-state index contributed by atoms with van der Waals surface area (Å²) in [5, 5.41) is 0. The fraction of sp³-hybridized carbons (Fsp3) is 0.636. The molecule has 11 heteroatoms. The number of amides is 2. The molecule has 22 heavy (non-hydrogen) atoms. The molecule has 3 heterocycles. The van der Waals surface area contributed by atoms with Crippen LogP contribution in [0.3, 0.4) is 0 Å². The van der Waals surface area contributed by atoms with Gasteiger partial charge in [-0.2, -0.15) is 0 Å². The van der Waals surface area contributed by atoms with Gasteiger partial charge in [0, 0.05) is 0 Å². The van der Waals surface area contributed by atoms with Crippen LogP contribution in [-0.4, -0.2) is 50.2 Å². The molecule has 3 fully saturated rings. The number of alkyl halides is 4. The van der Waals surface area contributed by atoms with E-state index >= 15 is 0 Å². The smallest absolute Gasteiger partial charge is 0.430 e. The number of hydrogen-bond acceptors (Lipinski definition) is 6. The third kappa shape index (κ3) is 2.18. The Bertz CT molecular complexity index is 586. The van der Waals surface area contributed by atoms with Gasteiger partial charge in [0.05, 0.1) is 0 Å². The number of carbonyl (C=O) groups excluding carboxylic acids is 4. The number of hydrogen-bond donors (Lipinski definition) is 0. The van der Waals surface area contributed by atoms with Crippen molar-refractivity contribution in [3.8, 4) is 0 Å². The first-order valence-corrected chi connectivity index (χ1v) is 7.41. The van der Waals surface area contributed by atoms with Crippen molar-refractivity contribution in [2.45, 2.75) is 28.7 Å². The van der Waals surface area contributed by atoms with Crippen LogP contribution >= 0.6 is 46.4 Å². The van der Waals surface area contributed by atoms with Crippen LogP contribution in [0.1, 0.15) is 13.8 Å². The molecule has 2 unspecified atom stereocenters. The van der Waals surface area contributed by atoms with Gasteiger partial charge >= 0.3 is 6.16 Å². The van der Waals surface area contributed by atoms with E-state index in [1.54, 1.807) is 0 Å². The summed E-state index contributed by atoms with van der Waals surface area (Å²) in [4.78, 5) is 46.3. The van der Waals surface area contributed by atoms with Gasteiger partial charge < -0.3 is 9.47 Å². The van der Waals surface area contributed by atoms with Gasteiger partial charge in [-0.25, -0.2) is 4.79 Å². The molecule has 2 bridgehead atoms. The Hall–Kier alpha value is -0.760. The largest absolute Gasteiger partial charge is 0.508 e. The minimum atomic E-state index is -1.97. The molecule has 0 saturated carbocycles. The van der Waals surface area contributed by atoms with Crippen molar-refractivity contribution in [3.05, 3.63) is 0 Å². The topological polar surface area (TPSA) is 90.0 Å². The van der Waals surface area contributed by atoms with E-state index in [1.165, 1.54) is 13.8 Å². The molecule has 0 aromatic carbocycles. The highest BCUT2D eigenvalue weighted by molar-refractivity contribution is 6.67. The van der Waals surface area contributed by atoms with Crippen LogP contribution in [0.5, 0.6) is 0 Å². The summed E-state index contributed by atoms with van der Waals surface area (Å²) >= 11 is 22.3. The number of ketones is 1. The SMILES string of the molecule is CC(OC(=O)OCC(Cl)(Cl)Cl)[C@]12C(=O)C(=O)N(C1=O)C2(C)Cl. The number of β-lactam (4-membered cyclic amide) rings is 1. The number of nitrogens with zero attached hydrogens (tertiary/aromatic N) is 1. The van der Waals surface area contributed by atoms with Gasteiger partial charge in [-0.15, -0.1) is 0 Å². The Morgan fingerprint density at radius 3 is 2.23 bits per heavy atom. The van der Waals surface area contributed by atoms with Crippen molar-refractivity contribution in [2.75, 3.05) is 6.61 Å². The van der Waals surface area contributed by atoms with Crippen LogP contribution in [0.4, 0.5) is 4.79 Å². The minimum absolute atomic E-state index is 0.596. The predicted octanol–water partition coefficient (Wildman–Crippen LogP) is 1.79. The van der Waals surface area contributed by atoms with Crippen molar-refractivity contribution in [2.24, 2.45) is 5.41 Å². The van der Waals surface area contributed by atoms with Crippen LogP contribution in [0, 0.1) is 5.41 Å². The Kier molecular flexibility index (Phi) is 4.10. The Balaban J connectivity index is 2.14. The second-order valence-corrected chi connectivity index (χ2v) is 8.20. The number of imide groups is 1. The average Bonchev–Trinajstić information content (AvgIpc) is 2.65. The molecule has 3 saturated heterocycles. The van der Waals surface area contributed by atoms with Gasteiger partial charge in [-0.3, -0.25) is 19.3 Å². The Labute approximate surface area is 144 Å². The zero-order valence-corrected chi connectivity index (χ0v) is 14.2. The predicted molar refractivity (Wildman–Crippen MR) is 75.7 cm³/mol. The van der Waals surface area contributed by atoms with Gasteiger partial charge in [0.25, 0.3) is 11.8 Å². The lowest BCUT2D eigenvalue weighted by atomic mass is 9.69. The van der Waals surface area contributed by atoms with Crippen LogP contribution in [0.2, 0.25) is 0 Å². The molecule has 3 rings (SSSR count). The Morgan fingerprint density at radius 2 is 1.86 bits per heavy atom. The summed E-state index contributed by atoms with van der Waals surface area (Å²) in [6, 6.07) is 0. The molecule has 7 nitrogen and oxygen atoms in total. The maximum atomic E-state index is 12.0. The molecule has 122 valence electrons. The minimum Gasteiger partial charge on any atom is -0.430 e. The lowest BCUT2D eigenvalue weighted by Gasteiger charge is -2.50. The fourth-order valence-corrected chi connectivity index (χ4v) is 3.32. The monoisotopic (exact) mass is 391 g/mol. The maximum Gasteiger partial charge on any atom is 0.508 e. The lowest BCUT2D eigenvalue weighted by molar-refractivity contribution is -0.177. The third-order valence-electron chi connectivity index (χ3n) is 3.67. The van der Waals surface area contributed by atoms with Gasteiger partial charge in [0.2, 0.25) is 9.58 Å². The molecule has 0 aromatic rings. The summed E-state index contributed by atoms with van der Waals surface area (Å²) < 4.78 is 7.55. The highest BCUT2D eigenvalue weighted by Crippen LogP contribution is 2.60. The van der Waals surface area contributed by atoms with E-state index in [0.29, 0.717) is 4.90 Å². The zero-order chi connectivity index (χ0) is 17.1. The third-order valence-corrected chi connectivity index (χ3v) is 4.47. The second kappa shape index (κ2) is 5.12. The molecule has 0 radical (unpaired) electrons. The summed E-state index contributed by atoms with van der Waals surface area (Å²) in [7, 11) is 0. The standard InChI is InChI=1S/C11H9Cl4NO6/c1-4(22-8(20)21-3-10(13,14)15)11-5(17)6(18)16(7(11)19)9(11,2)12/h4H,3H2,1-2H3/t4?,9?,11-/m0/s1. The van der Waals surface area contributed by atoms with Crippen LogP contribution in [0.15, 0.2) is 0 Å². The molecule has 0 spiro atoms. The number of ether oxygens (including phenoxy) is 2. The maximum absolute atomic E-state index is 12.0. The van der Waals surface area contributed by atoms with Gasteiger partial charge in [-0.05, 0) is 13.8 Å². The van der Waals surface area contributed by atoms with Crippen molar-refractivity contribution >= 4 is 70.2 Å². The number of carbonyl (C=O) groups is 4. The quantitative estimate of drug-likeness (QED) is 0.138. The molecule has 0 N–H and O–H groups in total. The first kappa shape index (κ1) is 17.6. The molecular weight excluding hydrogens is 384 g/mol. The van der Waals surface area contributed by atoms with E-state index < -0.39 is 50.7 Å².